The Labute approximate surface area is 185 Å². The molecular formula is C24H21NO6S. The predicted octanol–water partition coefficient (Wildman–Crippen LogP) is 4.91. The Kier molecular flexibility index (Phi) is 5.87. The fraction of sp³-hybridized carbons (Fsp3) is 0.125. The minimum Gasteiger partial charge on any atom is -0.497 e. The molecule has 1 heterocycles. The highest BCUT2D eigenvalue weighted by atomic mass is 32.2. The first-order chi connectivity index (χ1) is 15.4. The number of nitrogens with one attached hydrogen (secondary N) is 1. The van der Waals surface area contributed by atoms with E-state index in [4.69, 9.17) is 13.9 Å². The summed E-state index contributed by atoms with van der Waals surface area (Å²) < 4.78 is 44.2. The largest absolute Gasteiger partial charge is 0.497 e. The zero-order valence-corrected chi connectivity index (χ0v) is 18.3. The fourth-order valence-corrected chi connectivity index (χ4v) is 4.35. The summed E-state index contributed by atoms with van der Waals surface area (Å²) in [6.07, 6.45) is 0. The molecule has 3 aromatic carbocycles. The van der Waals surface area contributed by atoms with Crippen molar-refractivity contribution < 1.29 is 27.1 Å². The summed E-state index contributed by atoms with van der Waals surface area (Å²) in [5.74, 6) is 0.409. The smallest absolute Gasteiger partial charge is 0.342 e. The molecule has 32 heavy (non-hydrogen) atoms. The van der Waals surface area contributed by atoms with E-state index in [1.54, 1.807) is 37.3 Å². The summed E-state index contributed by atoms with van der Waals surface area (Å²) in [5, 5.41) is 0.468. The Hall–Kier alpha value is -3.78. The summed E-state index contributed by atoms with van der Waals surface area (Å²) in [5.41, 5.74) is 1.88. The number of carbonyl (C=O) groups excluding carboxylic acids is 1. The van der Waals surface area contributed by atoms with Crippen LogP contribution in [0.25, 0.3) is 11.0 Å². The van der Waals surface area contributed by atoms with Gasteiger partial charge in [-0.1, -0.05) is 30.3 Å². The molecule has 7 nitrogen and oxygen atoms in total. The van der Waals surface area contributed by atoms with Crippen LogP contribution < -0.4 is 9.46 Å². The molecular weight excluding hydrogens is 430 g/mol. The first kappa shape index (κ1) is 21.5. The van der Waals surface area contributed by atoms with Crippen molar-refractivity contribution in [3.05, 3.63) is 89.7 Å². The number of furan rings is 1. The lowest BCUT2D eigenvalue weighted by molar-refractivity contribution is 0.0473. The third-order valence-corrected chi connectivity index (χ3v) is 6.30. The molecule has 0 spiro atoms. The summed E-state index contributed by atoms with van der Waals surface area (Å²) in [4.78, 5) is 12.8. The number of hydrogen-bond donors (Lipinski definition) is 1. The van der Waals surface area contributed by atoms with Gasteiger partial charge in [-0.05, 0) is 55.0 Å². The minimum absolute atomic E-state index is 0.0873. The van der Waals surface area contributed by atoms with Gasteiger partial charge in [-0.3, -0.25) is 4.72 Å². The Morgan fingerprint density at radius 1 is 1.00 bits per heavy atom. The van der Waals surface area contributed by atoms with Crippen LogP contribution in [0.15, 0.2) is 82.1 Å². The average Bonchev–Trinajstić information content (AvgIpc) is 3.13. The van der Waals surface area contributed by atoms with Gasteiger partial charge in [0.1, 0.15) is 29.3 Å². The van der Waals surface area contributed by atoms with Crippen LogP contribution in [0.4, 0.5) is 5.69 Å². The van der Waals surface area contributed by atoms with Crippen molar-refractivity contribution in [1.29, 1.82) is 0 Å². The Morgan fingerprint density at radius 3 is 2.41 bits per heavy atom. The zero-order valence-electron chi connectivity index (χ0n) is 17.5. The summed E-state index contributed by atoms with van der Waals surface area (Å²) in [6, 6.07) is 20.1. The average molecular weight is 452 g/mol. The summed E-state index contributed by atoms with van der Waals surface area (Å²) in [6.45, 7) is 1.79. The van der Waals surface area contributed by atoms with Gasteiger partial charge < -0.3 is 13.9 Å². The van der Waals surface area contributed by atoms with E-state index < -0.39 is 16.0 Å². The number of sulfonamides is 1. The third-order valence-electron chi connectivity index (χ3n) is 4.90. The van der Waals surface area contributed by atoms with Crippen molar-refractivity contribution >= 4 is 32.6 Å². The number of rotatable bonds is 7. The Balaban J connectivity index is 1.59. The molecule has 0 atom stereocenters. The van der Waals surface area contributed by atoms with Crippen molar-refractivity contribution in [2.75, 3.05) is 11.8 Å². The maximum atomic E-state index is 12.8. The van der Waals surface area contributed by atoms with E-state index in [9.17, 15) is 13.2 Å². The van der Waals surface area contributed by atoms with Gasteiger partial charge in [-0.2, -0.15) is 0 Å². The second-order valence-corrected chi connectivity index (χ2v) is 8.77. The molecule has 8 heteroatoms. The van der Waals surface area contributed by atoms with Crippen LogP contribution in [0.5, 0.6) is 5.75 Å². The second kappa shape index (κ2) is 8.76. The summed E-state index contributed by atoms with van der Waals surface area (Å²) in [7, 11) is -2.33. The number of aryl methyl sites for hydroxylation is 1. The maximum absolute atomic E-state index is 12.8. The predicted molar refractivity (Wildman–Crippen MR) is 120 cm³/mol. The second-order valence-electron chi connectivity index (χ2n) is 7.09. The quantitative estimate of drug-likeness (QED) is 0.401. The molecule has 0 unspecified atom stereocenters. The standard InChI is InChI=1S/C24H21NO6S/c1-16-23(24(26)30-15-17-6-4-3-5-7-17)21-14-18(8-13-22(21)31-16)25-32(27,28)20-11-9-19(29-2)10-12-20/h3-14,25H,15H2,1-2H3. The number of anilines is 1. The molecule has 164 valence electrons. The van der Waals surface area contributed by atoms with E-state index in [1.807, 2.05) is 30.3 Å². The molecule has 0 aliphatic carbocycles. The normalized spacial score (nSPS) is 11.3. The van der Waals surface area contributed by atoms with E-state index in [2.05, 4.69) is 4.72 Å². The molecule has 0 aliphatic heterocycles. The number of ether oxygens (including phenoxy) is 2. The zero-order chi connectivity index (χ0) is 22.7. The molecule has 0 amide bonds. The molecule has 4 aromatic rings. The molecule has 0 fully saturated rings. The van der Waals surface area contributed by atoms with Crippen molar-refractivity contribution in [3.8, 4) is 5.75 Å². The van der Waals surface area contributed by atoms with Crippen LogP contribution in [-0.2, 0) is 21.4 Å². The first-order valence-electron chi connectivity index (χ1n) is 9.78. The fourth-order valence-electron chi connectivity index (χ4n) is 3.30. The van der Waals surface area contributed by atoms with E-state index in [0.29, 0.717) is 28.2 Å². The van der Waals surface area contributed by atoms with Crippen molar-refractivity contribution in [2.45, 2.75) is 18.4 Å². The number of methoxy groups -OCH3 is 1. The van der Waals surface area contributed by atoms with Gasteiger partial charge in [0.25, 0.3) is 10.0 Å². The summed E-state index contributed by atoms with van der Waals surface area (Å²) >= 11 is 0. The maximum Gasteiger partial charge on any atom is 0.342 e. The van der Waals surface area contributed by atoms with Crippen LogP contribution in [0, 0.1) is 6.92 Å². The molecule has 0 saturated heterocycles. The Bertz CT molecular complexity index is 1360. The van der Waals surface area contributed by atoms with Crippen LogP contribution in [-0.4, -0.2) is 21.5 Å². The number of esters is 1. The van der Waals surface area contributed by atoms with Gasteiger partial charge in [0, 0.05) is 11.1 Å². The molecule has 1 aromatic heterocycles. The molecule has 0 bridgehead atoms. The molecule has 0 radical (unpaired) electrons. The van der Waals surface area contributed by atoms with Crippen LogP contribution >= 0.6 is 0 Å². The lowest BCUT2D eigenvalue weighted by Gasteiger charge is -2.09. The molecule has 1 N–H and O–H groups in total. The van der Waals surface area contributed by atoms with Crippen LogP contribution in [0.3, 0.4) is 0 Å². The SMILES string of the molecule is COc1ccc(S(=O)(=O)Nc2ccc3oc(C)c(C(=O)OCc4ccccc4)c3c2)cc1. The number of hydrogen-bond acceptors (Lipinski definition) is 6. The molecule has 0 saturated carbocycles. The third kappa shape index (κ3) is 4.45. The van der Waals surface area contributed by atoms with Gasteiger partial charge in [-0.25, -0.2) is 13.2 Å². The lowest BCUT2D eigenvalue weighted by Crippen LogP contribution is -2.13. The van der Waals surface area contributed by atoms with E-state index in [-0.39, 0.29) is 17.1 Å². The van der Waals surface area contributed by atoms with Gasteiger partial charge in [0.05, 0.1) is 12.0 Å². The van der Waals surface area contributed by atoms with Crippen molar-refractivity contribution in [2.24, 2.45) is 0 Å². The lowest BCUT2D eigenvalue weighted by atomic mass is 10.1. The van der Waals surface area contributed by atoms with E-state index in [0.717, 1.165) is 5.56 Å². The van der Waals surface area contributed by atoms with Crippen LogP contribution in [0.2, 0.25) is 0 Å². The van der Waals surface area contributed by atoms with E-state index in [1.165, 1.54) is 19.2 Å². The number of benzene rings is 3. The minimum atomic E-state index is -3.83. The van der Waals surface area contributed by atoms with Gasteiger partial charge in [0.15, 0.2) is 0 Å². The van der Waals surface area contributed by atoms with Crippen molar-refractivity contribution in [1.82, 2.24) is 0 Å². The van der Waals surface area contributed by atoms with Crippen LogP contribution in [0.1, 0.15) is 21.7 Å². The van der Waals surface area contributed by atoms with E-state index >= 15 is 0 Å². The first-order valence-corrected chi connectivity index (χ1v) is 11.3. The van der Waals surface area contributed by atoms with Crippen molar-refractivity contribution in [3.63, 3.8) is 0 Å². The molecule has 0 aliphatic rings. The topological polar surface area (TPSA) is 94.8 Å². The van der Waals surface area contributed by atoms with Gasteiger partial charge in [0.2, 0.25) is 0 Å². The highest BCUT2D eigenvalue weighted by molar-refractivity contribution is 7.92. The molecule has 4 rings (SSSR count). The number of fused-ring (bicyclic) bond motifs is 1. The number of carbonyl (C=O) groups is 1. The van der Waals surface area contributed by atoms with Gasteiger partial charge >= 0.3 is 5.97 Å². The highest BCUT2D eigenvalue weighted by Crippen LogP contribution is 2.30. The van der Waals surface area contributed by atoms with Gasteiger partial charge in [-0.15, -0.1) is 0 Å². The Morgan fingerprint density at radius 2 is 1.72 bits per heavy atom. The highest BCUT2D eigenvalue weighted by Gasteiger charge is 2.21. The monoisotopic (exact) mass is 451 g/mol.